The number of hydrogen-bond acceptors (Lipinski definition) is 4. The van der Waals surface area contributed by atoms with Crippen LogP contribution >= 0.6 is 23.2 Å². The predicted molar refractivity (Wildman–Crippen MR) is 85.2 cm³/mol. The van der Waals surface area contributed by atoms with Crippen molar-refractivity contribution in [2.45, 2.75) is 0 Å². The molecule has 0 spiro atoms. The zero-order chi connectivity index (χ0) is 16.2. The molecular formula is C14H9Cl2N2NaO3S. The number of halogens is 2. The maximum atomic E-state index is 11.9. The third-order valence-electron chi connectivity index (χ3n) is 2.47. The predicted octanol–water partition coefficient (Wildman–Crippen LogP) is -0.500. The molecule has 114 valence electrons. The fourth-order valence-corrected chi connectivity index (χ4v) is 2.68. The average Bonchev–Trinajstić information content (AvgIpc) is 2.45. The molecule has 1 aromatic heterocycles. The van der Waals surface area contributed by atoms with E-state index in [1.165, 1.54) is 30.5 Å². The van der Waals surface area contributed by atoms with E-state index < -0.39 is 15.9 Å². The van der Waals surface area contributed by atoms with Crippen molar-refractivity contribution in [2.24, 2.45) is 4.40 Å². The summed E-state index contributed by atoms with van der Waals surface area (Å²) in [6.45, 7) is 0. The summed E-state index contributed by atoms with van der Waals surface area (Å²) in [5.74, 6) is -0.965. The summed E-state index contributed by atoms with van der Waals surface area (Å²) in [6, 6.07) is 9.09. The number of benzene rings is 1. The van der Waals surface area contributed by atoms with Crippen LogP contribution in [0.4, 0.5) is 0 Å². The number of hydrogen-bond donors (Lipinski definition) is 0. The molecule has 23 heavy (non-hydrogen) atoms. The molecule has 2 aromatic rings. The third-order valence-corrected chi connectivity index (χ3v) is 3.92. The molecule has 9 heteroatoms. The number of rotatable bonds is 4. The van der Waals surface area contributed by atoms with Gasteiger partial charge in [0.25, 0.3) is 10.0 Å². The Balaban J connectivity index is 0.00000264. The molecule has 0 aliphatic heterocycles. The Morgan fingerprint density at radius 1 is 1.22 bits per heavy atom. The van der Waals surface area contributed by atoms with Gasteiger partial charge in [0.1, 0.15) is 0 Å². The van der Waals surface area contributed by atoms with Crippen molar-refractivity contribution in [2.75, 3.05) is 0 Å². The summed E-state index contributed by atoms with van der Waals surface area (Å²) < 4.78 is 26.8. The monoisotopic (exact) mass is 378 g/mol. The van der Waals surface area contributed by atoms with Gasteiger partial charge in [-0.05, 0) is 30.3 Å². The second kappa shape index (κ2) is 8.82. The van der Waals surface area contributed by atoms with Crippen LogP contribution in [-0.4, -0.2) is 19.3 Å². The van der Waals surface area contributed by atoms with Gasteiger partial charge in [0.15, 0.2) is 0 Å². The number of aromatic nitrogens is 1. The smallest absolute Gasteiger partial charge is 0.858 e. The second-order valence-corrected chi connectivity index (χ2v) is 6.42. The molecule has 1 aromatic carbocycles. The average molecular weight is 379 g/mol. The zero-order valence-corrected chi connectivity index (χ0v) is 16.3. The molecular weight excluding hydrogens is 370 g/mol. The number of sulfonamides is 1. The molecule has 0 saturated heterocycles. The molecule has 0 N–H and O–H groups in total. The van der Waals surface area contributed by atoms with E-state index in [1.807, 2.05) is 0 Å². The topological polar surface area (TPSA) is 82.5 Å². The number of nitrogens with zero attached hydrogens (tertiary/aromatic N) is 2. The Labute approximate surface area is 166 Å². The molecule has 0 saturated carbocycles. The maximum absolute atomic E-state index is 11.9. The van der Waals surface area contributed by atoms with E-state index in [1.54, 1.807) is 18.2 Å². The molecule has 0 aliphatic carbocycles. The number of pyridine rings is 1. The first kappa shape index (κ1) is 20.2. The SMILES string of the molecule is O=S(=O)(/C=C/c1ccccn1)/N=C(\[O-])c1ccc(Cl)cc1Cl.[Na+]. The van der Waals surface area contributed by atoms with Crippen LogP contribution < -0.4 is 34.7 Å². The van der Waals surface area contributed by atoms with E-state index in [0.717, 1.165) is 5.41 Å². The van der Waals surface area contributed by atoms with E-state index in [-0.39, 0.29) is 40.1 Å². The van der Waals surface area contributed by atoms with Gasteiger partial charge in [0, 0.05) is 22.7 Å². The molecule has 0 fully saturated rings. The largest absolute Gasteiger partial charge is 1.00 e. The minimum absolute atomic E-state index is 0. The first-order valence-corrected chi connectivity index (χ1v) is 8.20. The molecule has 0 atom stereocenters. The first-order valence-electron chi connectivity index (χ1n) is 5.94. The molecule has 5 nitrogen and oxygen atoms in total. The normalized spacial score (nSPS) is 12.2. The van der Waals surface area contributed by atoms with E-state index in [0.29, 0.717) is 10.7 Å². The molecule has 0 bridgehead atoms. The van der Waals surface area contributed by atoms with Crippen LogP contribution in [-0.2, 0) is 10.0 Å². The summed E-state index contributed by atoms with van der Waals surface area (Å²) in [5, 5.41) is 13.0. The van der Waals surface area contributed by atoms with Crippen LogP contribution in [0.5, 0.6) is 0 Å². The quantitative estimate of drug-likeness (QED) is 0.408. The van der Waals surface area contributed by atoms with Crippen molar-refractivity contribution >= 4 is 45.2 Å². The molecule has 2 rings (SSSR count). The van der Waals surface area contributed by atoms with Gasteiger partial charge < -0.3 is 5.11 Å². The van der Waals surface area contributed by atoms with Crippen LogP contribution in [0.15, 0.2) is 52.4 Å². The van der Waals surface area contributed by atoms with Gasteiger partial charge in [0.05, 0.1) is 16.1 Å². The first-order chi connectivity index (χ1) is 10.4. The van der Waals surface area contributed by atoms with Crippen molar-refractivity contribution in [1.82, 2.24) is 4.98 Å². The molecule has 0 amide bonds. The van der Waals surface area contributed by atoms with Gasteiger partial charge in [-0.25, -0.2) is 0 Å². The van der Waals surface area contributed by atoms with Gasteiger partial charge in [-0.15, -0.1) is 0 Å². The summed E-state index contributed by atoms with van der Waals surface area (Å²) in [4.78, 5) is 3.93. The fraction of sp³-hybridized carbons (Fsp3) is 0. The minimum atomic E-state index is -4.09. The molecule has 0 unspecified atom stereocenters. The zero-order valence-electron chi connectivity index (χ0n) is 12.0. The van der Waals surface area contributed by atoms with E-state index in [9.17, 15) is 13.5 Å². The Morgan fingerprint density at radius 3 is 2.57 bits per heavy atom. The summed E-state index contributed by atoms with van der Waals surface area (Å²) in [5.41, 5.74) is 0.388. The van der Waals surface area contributed by atoms with Crippen LogP contribution in [0.2, 0.25) is 10.0 Å². The van der Waals surface area contributed by atoms with Crippen LogP contribution in [0.3, 0.4) is 0 Å². The maximum Gasteiger partial charge on any atom is 1.00 e. The van der Waals surface area contributed by atoms with Crippen molar-refractivity contribution in [3.63, 3.8) is 0 Å². The van der Waals surface area contributed by atoms with Crippen molar-refractivity contribution < 1.29 is 43.1 Å². The van der Waals surface area contributed by atoms with Crippen molar-refractivity contribution in [3.8, 4) is 0 Å². The Hall–Kier alpha value is -0.890. The van der Waals surface area contributed by atoms with Crippen LogP contribution in [0.1, 0.15) is 11.3 Å². The summed E-state index contributed by atoms with van der Waals surface area (Å²) >= 11 is 11.5. The third kappa shape index (κ3) is 6.25. The Kier molecular flexibility index (Phi) is 7.73. The fourth-order valence-electron chi connectivity index (χ4n) is 1.49. The minimum Gasteiger partial charge on any atom is -0.858 e. The Morgan fingerprint density at radius 2 is 1.96 bits per heavy atom. The summed E-state index contributed by atoms with van der Waals surface area (Å²) in [7, 11) is -4.09. The van der Waals surface area contributed by atoms with E-state index >= 15 is 0 Å². The van der Waals surface area contributed by atoms with Crippen LogP contribution in [0, 0.1) is 0 Å². The Bertz CT molecular complexity index is 840. The van der Waals surface area contributed by atoms with E-state index in [2.05, 4.69) is 9.38 Å². The second-order valence-electron chi connectivity index (χ2n) is 4.09. The van der Waals surface area contributed by atoms with Gasteiger partial charge in [-0.1, -0.05) is 35.3 Å². The van der Waals surface area contributed by atoms with Gasteiger partial charge in [0.2, 0.25) is 0 Å². The summed E-state index contributed by atoms with van der Waals surface area (Å²) in [6.07, 6.45) is 2.76. The van der Waals surface area contributed by atoms with Gasteiger partial charge in [-0.3, -0.25) is 4.98 Å². The van der Waals surface area contributed by atoms with Gasteiger partial charge in [-0.2, -0.15) is 12.8 Å². The van der Waals surface area contributed by atoms with Crippen molar-refractivity contribution in [1.29, 1.82) is 0 Å². The van der Waals surface area contributed by atoms with Crippen molar-refractivity contribution in [3.05, 3.63) is 69.3 Å². The van der Waals surface area contributed by atoms with Gasteiger partial charge >= 0.3 is 29.6 Å². The molecule has 0 aliphatic rings. The molecule has 1 heterocycles. The standard InChI is InChI=1S/C14H10Cl2N2O3S.Na/c15-10-4-5-12(13(16)9-10)14(19)18-22(20,21)8-6-11-3-1-2-7-17-11;/h1-9H,(H,18,19);/q;+1/p-1/b8-6+;. The van der Waals surface area contributed by atoms with Crippen LogP contribution in [0.25, 0.3) is 6.08 Å². The van der Waals surface area contributed by atoms with E-state index in [4.69, 9.17) is 23.2 Å². The molecule has 0 radical (unpaired) electrons.